The van der Waals surface area contributed by atoms with E-state index in [0.717, 1.165) is 6.42 Å². The first-order chi connectivity index (χ1) is 11.1. The number of benzene rings is 2. The van der Waals surface area contributed by atoms with Crippen LogP contribution in [0.15, 0.2) is 78.0 Å². The first kappa shape index (κ1) is 14.3. The van der Waals surface area contributed by atoms with Gasteiger partial charge in [-0.25, -0.2) is 0 Å². The van der Waals surface area contributed by atoms with Crippen LogP contribution in [-0.2, 0) is 5.41 Å². The maximum Gasteiger partial charge on any atom is 0.0502 e. The second-order valence-electron chi connectivity index (χ2n) is 7.22. The fraction of sp³-hybridized carbons (Fsp3) is 0.273. The van der Waals surface area contributed by atoms with E-state index in [9.17, 15) is 0 Å². The smallest absolute Gasteiger partial charge is 0.0502 e. The van der Waals surface area contributed by atoms with Gasteiger partial charge in [-0.3, -0.25) is 0 Å². The molecule has 4 rings (SSSR count). The van der Waals surface area contributed by atoms with Crippen molar-refractivity contribution < 1.29 is 0 Å². The van der Waals surface area contributed by atoms with E-state index in [0.29, 0.717) is 5.92 Å². The molecule has 0 saturated carbocycles. The van der Waals surface area contributed by atoms with Gasteiger partial charge in [0.2, 0.25) is 0 Å². The van der Waals surface area contributed by atoms with Crippen LogP contribution in [0.1, 0.15) is 32.8 Å². The van der Waals surface area contributed by atoms with E-state index in [4.69, 9.17) is 0 Å². The van der Waals surface area contributed by atoms with E-state index < -0.39 is 0 Å². The van der Waals surface area contributed by atoms with E-state index >= 15 is 0 Å². The average Bonchev–Trinajstić information content (AvgIpc) is 2.57. The Kier molecular flexibility index (Phi) is 3.19. The van der Waals surface area contributed by atoms with Gasteiger partial charge in [-0.15, -0.1) is 0 Å². The highest BCUT2D eigenvalue weighted by atomic mass is 15.2. The summed E-state index contributed by atoms with van der Waals surface area (Å²) in [7, 11) is 0. The van der Waals surface area contributed by atoms with Crippen molar-refractivity contribution in [1.82, 2.24) is 0 Å². The van der Waals surface area contributed by atoms with Crippen LogP contribution in [-0.4, -0.2) is 0 Å². The minimum Gasteiger partial charge on any atom is -0.310 e. The molecule has 0 N–H and O–H groups in total. The molecule has 2 aromatic rings. The Morgan fingerprint density at radius 2 is 1.65 bits per heavy atom. The maximum atomic E-state index is 2.43. The molecule has 0 saturated heterocycles. The number of hydrogen-bond acceptors (Lipinski definition) is 1. The number of rotatable bonds is 1. The molecule has 0 fully saturated rings. The molecule has 2 aromatic carbocycles. The molecule has 116 valence electrons. The normalized spacial score (nSPS) is 21.9. The third-order valence-electron chi connectivity index (χ3n) is 5.25. The minimum atomic E-state index is 0.0796. The zero-order valence-corrected chi connectivity index (χ0v) is 14.1. The summed E-state index contributed by atoms with van der Waals surface area (Å²) < 4.78 is 0. The number of hydrogen-bond donors (Lipinski definition) is 0. The van der Waals surface area contributed by atoms with Crippen LogP contribution in [0.4, 0.5) is 11.4 Å². The third-order valence-corrected chi connectivity index (χ3v) is 5.25. The highest BCUT2D eigenvalue weighted by Gasteiger charge is 2.39. The van der Waals surface area contributed by atoms with E-state index in [1.54, 1.807) is 5.57 Å². The lowest BCUT2D eigenvalue weighted by molar-refractivity contribution is 0.532. The quantitative estimate of drug-likeness (QED) is 0.627. The molecule has 1 nitrogen and oxygen atoms in total. The molecule has 0 bridgehead atoms. The van der Waals surface area contributed by atoms with Crippen LogP contribution < -0.4 is 4.90 Å². The van der Waals surface area contributed by atoms with Gasteiger partial charge < -0.3 is 4.90 Å². The predicted octanol–water partition coefficient (Wildman–Crippen LogP) is 5.97. The predicted molar refractivity (Wildman–Crippen MR) is 98.0 cm³/mol. The molecule has 1 aliphatic carbocycles. The summed E-state index contributed by atoms with van der Waals surface area (Å²) in [5, 5.41) is 0. The fourth-order valence-electron chi connectivity index (χ4n) is 3.98. The zero-order chi connectivity index (χ0) is 16.0. The molecule has 2 aliphatic rings. The molecule has 23 heavy (non-hydrogen) atoms. The minimum absolute atomic E-state index is 0.0796. The van der Waals surface area contributed by atoms with Gasteiger partial charge in [0, 0.05) is 16.8 Å². The largest absolute Gasteiger partial charge is 0.310 e. The van der Waals surface area contributed by atoms with Crippen LogP contribution >= 0.6 is 0 Å². The fourth-order valence-corrected chi connectivity index (χ4v) is 3.98. The Morgan fingerprint density at radius 1 is 0.957 bits per heavy atom. The summed E-state index contributed by atoms with van der Waals surface area (Å²) in [5.74, 6) is 0.607. The van der Waals surface area contributed by atoms with Gasteiger partial charge in [-0.1, -0.05) is 63.2 Å². The Morgan fingerprint density at radius 3 is 2.43 bits per heavy atom. The van der Waals surface area contributed by atoms with Gasteiger partial charge in [-0.2, -0.15) is 0 Å². The summed E-state index contributed by atoms with van der Waals surface area (Å²) in [4.78, 5) is 2.43. The SMILES string of the molecule is CC1C=CC2=C(C1)C(C)(C)c1ccccc1N2c1ccccc1. The van der Waals surface area contributed by atoms with Gasteiger partial charge in [-0.05, 0) is 47.8 Å². The van der Waals surface area contributed by atoms with E-state index in [2.05, 4.69) is 92.4 Å². The number of fused-ring (bicyclic) bond motifs is 1. The van der Waals surface area contributed by atoms with Crippen molar-refractivity contribution in [2.45, 2.75) is 32.6 Å². The lowest BCUT2D eigenvalue weighted by Crippen LogP contribution is -2.35. The highest BCUT2D eigenvalue weighted by Crippen LogP contribution is 2.51. The van der Waals surface area contributed by atoms with Crippen molar-refractivity contribution >= 4 is 11.4 Å². The zero-order valence-electron chi connectivity index (χ0n) is 14.1. The van der Waals surface area contributed by atoms with Crippen LogP contribution in [0.25, 0.3) is 0 Å². The van der Waals surface area contributed by atoms with E-state index in [1.165, 1.54) is 22.6 Å². The van der Waals surface area contributed by atoms with Gasteiger partial charge in [0.25, 0.3) is 0 Å². The van der Waals surface area contributed by atoms with Gasteiger partial charge >= 0.3 is 0 Å². The second kappa shape index (κ2) is 5.13. The lowest BCUT2D eigenvalue weighted by atomic mass is 9.69. The van der Waals surface area contributed by atoms with Crippen LogP contribution in [0.5, 0.6) is 0 Å². The molecule has 0 aromatic heterocycles. The maximum absolute atomic E-state index is 2.43. The molecule has 1 atom stereocenters. The van der Waals surface area contributed by atoms with E-state index in [-0.39, 0.29) is 5.41 Å². The van der Waals surface area contributed by atoms with E-state index in [1.807, 2.05) is 0 Å². The van der Waals surface area contributed by atoms with Crippen LogP contribution in [0.3, 0.4) is 0 Å². The molecule has 1 heterocycles. The first-order valence-electron chi connectivity index (χ1n) is 8.45. The van der Waals surface area contributed by atoms with Gasteiger partial charge in [0.1, 0.15) is 0 Å². The van der Waals surface area contributed by atoms with Crippen molar-refractivity contribution in [3.8, 4) is 0 Å². The summed E-state index contributed by atoms with van der Waals surface area (Å²) in [6.45, 7) is 7.05. The summed E-state index contributed by atoms with van der Waals surface area (Å²) >= 11 is 0. The highest BCUT2D eigenvalue weighted by molar-refractivity contribution is 5.78. The monoisotopic (exact) mass is 301 g/mol. The molecular formula is C22H23N. The summed E-state index contributed by atoms with van der Waals surface area (Å²) in [6, 6.07) is 19.6. The first-order valence-corrected chi connectivity index (χ1v) is 8.45. The second-order valence-corrected chi connectivity index (χ2v) is 7.22. The topological polar surface area (TPSA) is 3.24 Å². The number of allylic oxidation sites excluding steroid dienone is 3. The molecule has 1 unspecified atom stereocenters. The van der Waals surface area contributed by atoms with Crippen molar-refractivity contribution in [3.63, 3.8) is 0 Å². The lowest BCUT2D eigenvalue weighted by Gasteiger charge is -2.45. The molecule has 0 amide bonds. The van der Waals surface area contributed by atoms with Crippen LogP contribution in [0, 0.1) is 5.92 Å². The average molecular weight is 301 g/mol. The summed E-state index contributed by atoms with van der Waals surface area (Å²) in [5.41, 5.74) is 6.96. The number of para-hydroxylation sites is 2. The number of nitrogens with zero attached hydrogens (tertiary/aromatic N) is 1. The standard InChI is InChI=1S/C22H23N/c1-16-13-14-21-19(15-16)22(2,3)18-11-7-8-12-20(18)23(21)17-9-5-4-6-10-17/h4-14,16H,15H2,1-3H3. The molecule has 0 radical (unpaired) electrons. The Bertz CT molecular complexity index is 796. The molecule has 0 spiro atoms. The van der Waals surface area contributed by atoms with Gasteiger partial charge in [0.15, 0.2) is 0 Å². The Hall–Kier alpha value is -2.28. The van der Waals surface area contributed by atoms with Crippen LogP contribution in [0.2, 0.25) is 0 Å². The van der Waals surface area contributed by atoms with Crippen molar-refractivity contribution in [2.75, 3.05) is 4.90 Å². The molecular weight excluding hydrogens is 278 g/mol. The third kappa shape index (κ3) is 2.15. The van der Waals surface area contributed by atoms with Crippen molar-refractivity contribution in [1.29, 1.82) is 0 Å². The number of anilines is 2. The Labute approximate surface area is 139 Å². The van der Waals surface area contributed by atoms with Gasteiger partial charge in [0.05, 0.1) is 5.69 Å². The van der Waals surface area contributed by atoms with Crippen molar-refractivity contribution in [2.24, 2.45) is 5.92 Å². The molecule has 1 aliphatic heterocycles. The Balaban J connectivity index is 2.00. The summed E-state index contributed by atoms with van der Waals surface area (Å²) in [6.07, 6.45) is 5.81. The molecule has 1 heteroatoms. The van der Waals surface area contributed by atoms with Crippen molar-refractivity contribution in [3.05, 3.63) is 83.6 Å².